The summed E-state index contributed by atoms with van der Waals surface area (Å²) in [5, 5.41) is 12.9. The van der Waals surface area contributed by atoms with E-state index in [9.17, 15) is 13.9 Å². The molecule has 0 saturated carbocycles. The minimum Gasteiger partial charge on any atom is -0.506 e. The molecule has 1 aliphatic rings. The van der Waals surface area contributed by atoms with E-state index in [1.807, 2.05) is 45.2 Å². The number of phenolic OH excluding ortho intramolecular Hbond substituents is 1. The van der Waals surface area contributed by atoms with E-state index in [-0.39, 0.29) is 5.75 Å². The van der Waals surface area contributed by atoms with Gasteiger partial charge in [0.1, 0.15) is 5.75 Å². The third-order valence-electron chi connectivity index (χ3n) is 3.16. The third-order valence-corrected chi connectivity index (χ3v) is 4.81. The van der Waals surface area contributed by atoms with Gasteiger partial charge in [0.15, 0.2) is 0 Å². The van der Waals surface area contributed by atoms with Gasteiger partial charge in [0.25, 0.3) is 6.43 Å². The molecule has 1 aliphatic heterocycles. The van der Waals surface area contributed by atoms with Gasteiger partial charge in [-0.05, 0) is 62.9 Å². The molecular weight excluding hydrogens is 480 g/mol. The van der Waals surface area contributed by atoms with E-state index in [1.165, 1.54) is 0 Å². The Labute approximate surface area is 138 Å². The van der Waals surface area contributed by atoms with E-state index >= 15 is 0 Å². The van der Waals surface area contributed by atoms with Gasteiger partial charge in [-0.3, -0.25) is 4.90 Å². The third kappa shape index (κ3) is 3.67. The van der Waals surface area contributed by atoms with E-state index < -0.39 is 12.5 Å². The fraction of sp³-hybridized carbons (Fsp3) is 0.500. The van der Waals surface area contributed by atoms with Crippen molar-refractivity contribution in [2.24, 2.45) is 0 Å². The molecule has 3 nitrogen and oxygen atoms in total. The maximum absolute atomic E-state index is 13.4. The zero-order valence-electron chi connectivity index (χ0n) is 10.0. The number of nitrogens with one attached hydrogen (secondary N) is 1. The van der Waals surface area contributed by atoms with Crippen LogP contribution in [0, 0.1) is 7.14 Å². The number of hydrogen-bond donors (Lipinski definition) is 2. The topological polar surface area (TPSA) is 35.5 Å². The highest BCUT2D eigenvalue weighted by atomic mass is 127. The van der Waals surface area contributed by atoms with Crippen molar-refractivity contribution in [3.63, 3.8) is 0 Å². The SMILES string of the molecule is Oc1c(I)cc([C@@H](C(F)F)N2CCNCC2)cc1I. The molecule has 0 aromatic heterocycles. The van der Waals surface area contributed by atoms with Crippen LogP contribution in [0.25, 0.3) is 0 Å². The maximum Gasteiger partial charge on any atom is 0.258 e. The van der Waals surface area contributed by atoms with Gasteiger partial charge >= 0.3 is 0 Å². The molecule has 0 radical (unpaired) electrons. The molecule has 1 saturated heterocycles. The molecule has 0 spiro atoms. The largest absolute Gasteiger partial charge is 0.506 e. The Kier molecular flexibility index (Phi) is 5.61. The lowest BCUT2D eigenvalue weighted by molar-refractivity contribution is 0.0181. The molecular formula is C12H14F2I2N2O. The molecule has 1 aromatic carbocycles. The van der Waals surface area contributed by atoms with Crippen LogP contribution in [0.2, 0.25) is 0 Å². The molecule has 1 heterocycles. The first-order valence-electron chi connectivity index (χ1n) is 5.91. The molecule has 7 heteroatoms. The van der Waals surface area contributed by atoms with Crippen LogP contribution in [-0.2, 0) is 0 Å². The number of rotatable bonds is 3. The van der Waals surface area contributed by atoms with E-state index in [0.717, 1.165) is 13.1 Å². The Morgan fingerprint density at radius 1 is 1.16 bits per heavy atom. The van der Waals surface area contributed by atoms with Crippen molar-refractivity contribution in [2.75, 3.05) is 26.2 Å². The number of phenols is 1. The summed E-state index contributed by atoms with van der Waals surface area (Å²) in [6, 6.07) is 2.40. The molecule has 0 unspecified atom stereocenters. The summed E-state index contributed by atoms with van der Waals surface area (Å²) in [7, 11) is 0. The molecule has 0 amide bonds. The molecule has 1 atom stereocenters. The van der Waals surface area contributed by atoms with Crippen LogP contribution in [0.1, 0.15) is 11.6 Å². The molecule has 2 N–H and O–H groups in total. The van der Waals surface area contributed by atoms with Crippen LogP contribution in [0.3, 0.4) is 0 Å². The predicted octanol–water partition coefficient (Wildman–Crippen LogP) is 2.81. The van der Waals surface area contributed by atoms with Crippen LogP contribution in [0.5, 0.6) is 5.75 Å². The van der Waals surface area contributed by atoms with Gasteiger partial charge in [-0.25, -0.2) is 8.78 Å². The fourth-order valence-electron chi connectivity index (χ4n) is 2.23. The number of hydrogen-bond acceptors (Lipinski definition) is 3. The Hall–Kier alpha value is 0.260. The minimum absolute atomic E-state index is 0.165. The van der Waals surface area contributed by atoms with E-state index in [0.29, 0.717) is 25.8 Å². The lowest BCUT2D eigenvalue weighted by Gasteiger charge is -2.34. The second-order valence-electron chi connectivity index (χ2n) is 4.40. The molecule has 106 valence electrons. The zero-order valence-corrected chi connectivity index (χ0v) is 14.4. The second kappa shape index (κ2) is 6.81. The number of piperazine rings is 1. The van der Waals surface area contributed by atoms with Crippen molar-refractivity contribution in [3.05, 3.63) is 24.8 Å². The summed E-state index contributed by atoms with van der Waals surface area (Å²) in [6.07, 6.45) is -2.44. The average Bonchev–Trinajstić information content (AvgIpc) is 2.37. The molecule has 19 heavy (non-hydrogen) atoms. The highest BCUT2D eigenvalue weighted by molar-refractivity contribution is 14.1. The lowest BCUT2D eigenvalue weighted by Crippen LogP contribution is -2.46. The van der Waals surface area contributed by atoms with Crippen molar-refractivity contribution in [1.82, 2.24) is 10.2 Å². The van der Waals surface area contributed by atoms with Crippen LogP contribution in [0.15, 0.2) is 12.1 Å². The minimum atomic E-state index is -2.44. The first-order chi connectivity index (χ1) is 9.00. The maximum atomic E-state index is 13.4. The molecule has 1 aromatic rings. The summed E-state index contributed by atoms with van der Waals surface area (Å²) in [6.45, 7) is 2.69. The van der Waals surface area contributed by atoms with E-state index in [4.69, 9.17) is 0 Å². The molecule has 2 rings (SSSR count). The number of alkyl halides is 2. The summed E-state index contributed by atoms with van der Waals surface area (Å²) in [5.74, 6) is 0.165. The Balaban J connectivity index is 2.33. The highest BCUT2D eigenvalue weighted by Crippen LogP contribution is 2.34. The Bertz CT molecular complexity index is 430. The van der Waals surface area contributed by atoms with Crippen molar-refractivity contribution in [2.45, 2.75) is 12.5 Å². The lowest BCUT2D eigenvalue weighted by atomic mass is 10.0. The molecule has 0 aliphatic carbocycles. The van der Waals surface area contributed by atoms with Crippen LogP contribution in [0.4, 0.5) is 8.78 Å². The zero-order chi connectivity index (χ0) is 14.0. The van der Waals surface area contributed by atoms with E-state index in [2.05, 4.69) is 5.32 Å². The molecule has 0 bridgehead atoms. The van der Waals surface area contributed by atoms with Gasteiger partial charge < -0.3 is 10.4 Å². The number of aromatic hydroxyl groups is 1. The van der Waals surface area contributed by atoms with Crippen molar-refractivity contribution >= 4 is 45.2 Å². The monoisotopic (exact) mass is 494 g/mol. The van der Waals surface area contributed by atoms with Gasteiger partial charge in [-0.1, -0.05) is 0 Å². The Morgan fingerprint density at radius 2 is 1.68 bits per heavy atom. The normalized spacial score (nSPS) is 18.8. The first kappa shape index (κ1) is 15.6. The first-order valence-corrected chi connectivity index (χ1v) is 8.07. The summed E-state index contributed by atoms with van der Waals surface area (Å²) in [5.41, 5.74) is 0.573. The van der Waals surface area contributed by atoms with Gasteiger partial charge in [0.05, 0.1) is 13.2 Å². The van der Waals surface area contributed by atoms with Gasteiger partial charge in [0.2, 0.25) is 0 Å². The van der Waals surface area contributed by atoms with Crippen LogP contribution >= 0.6 is 45.2 Å². The van der Waals surface area contributed by atoms with Gasteiger partial charge in [-0.2, -0.15) is 0 Å². The van der Waals surface area contributed by atoms with Crippen molar-refractivity contribution < 1.29 is 13.9 Å². The van der Waals surface area contributed by atoms with E-state index in [1.54, 1.807) is 17.0 Å². The van der Waals surface area contributed by atoms with Gasteiger partial charge in [0, 0.05) is 26.2 Å². The standard InChI is InChI=1S/C12H14F2I2N2O/c13-12(14)10(18-3-1-17-2-4-18)7-5-8(15)11(19)9(16)6-7/h5-6,10,12,17,19H,1-4H2/t10-/m0/s1. The number of halogens is 4. The number of benzene rings is 1. The van der Waals surface area contributed by atoms with Crippen LogP contribution in [-0.4, -0.2) is 42.6 Å². The Morgan fingerprint density at radius 3 is 2.16 bits per heavy atom. The summed E-state index contributed by atoms with van der Waals surface area (Å²) in [4.78, 5) is 1.81. The van der Waals surface area contributed by atoms with Crippen LogP contribution < -0.4 is 5.32 Å². The predicted molar refractivity (Wildman–Crippen MR) is 86.7 cm³/mol. The fourth-order valence-corrected chi connectivity index (χ4v) is 4.05. The summed E-state index contributed by atoms with van der Waals surface area (Å²) < 4.78 is 28.0. The second-order valence-corrected chi connectivity index (χ2v) is 6.72. The summed E-state index contributed by atoms with van der Waals surface area (Å²) >= 11 is 3.95. The molecule has 1 fully saturated rings. The van der Waals surface area contributed by atoms with Crippen molar-refractivity contribution in [1.29, 1.82) is 0 Å². The average molecular weight is 494 g/mol. The van der Waals surface area contributed by atoms with Gasteiger partial charge in [-0.15, -0.1) is 0 Å². The highest BCUT2D eigenvalue weighted by Gasteiger charge is 2.30. The quantitative estimate of drug-likeness (QED) is 0.636. The smallest absolute Gasteiger partial charge is 0.258 e. The number of nitrogens with zero attached hydrogens (tertiary/aromatic N) is 1. The van der Waals surface area contributed by atoms with Crippen molar-refractivity contribution in [3.8, 4) is 5.75 Å².